The molecule has 10 nitrogen and oxygen atoms in total. The minimum Gasteiger partial charge on any atom is -0.481 e. The van der Waals surface area contributed by atoms with E-state index in [1.165, 1.54) is 0 Å². The van der Waals surface area contributed by atoms with Crippen LogP contribution in [-0.4, -0.2) is 37.7 Å². The highest BCUT2D eigenvalue weighted by atomic mass is 16.7. The first-order valence-corrected chi connectivity index (χ1v) is 4.45. The number of nitro groups is 2. The van der Waals surface area contributed by atoms with E-state index in [1.807, 2.05) is 0 Å². The van der Waals surface area contributed by atoms with Crippen molar-refractivity contribution in [1.29, 1.82) is 0 Å². The van der Waals surface area contributed by atoms with Crippen LogP contribution >= 0.6 is 0 Å². The van der Waals surface area contributed by atoms with Crippen molar-refractivity contribution in [1.82, 2.24) is 0 Å². The summed E-state index contributed by atoms with van der Waals surface area (Å²) in [6.07, 6.45) is -3.26. The lowest BCUT2D eigenvalue weighted by Crippen LogP contribution is -2.47. The number of carboxylic acids is 2. The molecule has 0 unspecified atom stereocenters. The van der Waals surface area contributed by atoms with E-state index in [-0.39, 0.29) is 0 Å². The Morgan fingerprint density at radius 2 is 1.24 bits per heavy atom. The van der Waals surface area contributed by atoms with Gasteiger partial charge in [0.05, 0.1) is 35.5 Å². The molecule has 0 aliphatic rings. The summed E-state index contributed by atoms with van der Waals surface area (Å²) in [5.41, 5.74) is -2.75. The fourth-order valence-corrected chi connectivity index (χ4v) is 1.17. The van der Waals surface area contributed by atoms with Crippen molar-refractivity contribution >= 4 is 11.9 Å². The number of hydrogen-bond acceptors (Lipinski definition) is 6. The number of carbonyl (C=O) groups is 2. The predicted molar refractivity (Wildman–Crippen MR) is 50.5 cm³/mol. The van der Waals surface area contributed by atoms with Gasteiger partial charge in [0.25, 0.3) is 0 Å². The molecule has 10 heteroatoms. The maximum absolute atomic E-state index is 10.7. The van der Waals surface area contributed by atoms with Gasteiger partial charge in [-0.1, -0.05) is 0 Å². The molecule has 0 radical (unpaired) electrons. The van der Waals surface area contributed by atoms with Gasteiger partial charge in [0.1, 0.15) is 0 Å². The molecule has 0 saturated carbocycles. The highest BCUT2D eigenvalue weighted by molar-refractivity contribution is 5.67. The maximum Gasteiger partial charge on any atom is 0.459 e. The quantitative estimate of drug-likeness (QED) is 0.344. The highest BCUT2D eigenvalue weighted by Crippen LogP contribution is 2.24. The van der Waals surface area contributed by atoms with Crippen LogP contribution in [0.4, 0.5) is 0 Å². The van der Waals surface area contributed by atoms with E-state index >= 15 is 0 Å². The van der Waals surface area contributed by atoms with E-state index in [1.54, 1.807) is 0 Å². The van der Waals surface area contributed by atoms with Gasteiger partial charge in [-0.2, -0.15) is 0 Å². The van der Waals surface area contributed by atoms with Gasteiger partial charge in [-0.3, -0.25) is 29.8 Å². The van der Waals surface area contributed by atoms with Crippen molar-refractivity contribution in [3.05, 3.63) is 20.2 Å². The minimum absolute atomic E-state index is 0.776. The Labute approximate surface area is 94.1 Å². The summed E-state index contributed by atoms with van der Waals surface area (Å²) in [5.74, 6) is -2.85. The zero-order valence-electron chi connectivity index (χ0n) is 8.57. The number of hydrogen-bond donors (Lipinski definition) is 2. The fraction of sp³-hybridized carbons (Fsp3) is 0.714. The van der Waals surface area contributed by atoms with E-state index in [2.05, 4.69) is 0 Å². The van der Waals surface area contributed by atoms with Gasteiger partial charge in [-0.15, -0.1) is 0 Å². The van der Waals surface area contributed by atoms with Gasteiger partial charge < -0.3 is 10.2 Å². The second-order valence-electron chi connectivity index (χ2n) is 3.28. The summed E-state index contributed by atoms with van der Waals surface area (Å²) in [6.45, 7) is 0. The third-order valence-corrected chi connectivity index (χ3v) is 2.16. The lowest BCUT2D eigenvalue weighted by molar-refractivity contribution is -0.798. The topological polar surface area (TPSA) is 161 Å². The Hall–Kier alpha value is -2.26. The van der Waals surface area contributed by atoms with E-state index in [0.717, 1.165) is 0 Å². The molecule has 0 aromatic carbocycles. The molecule has 17 heavy (non-hydrogen) atoms. The first-order valence-electron chi connectivity index (χ1n) is 4.45. The van der Waals surface area contributed by atoms with Crippen LogP contribution < -0.4 is 0 Å². The standard InChI is InChI=1S/C7H10N2O8/c10-5(11)1-3-7(8(14)15,9(16)17)4-2-6(12)13/h1-4H2,(H,10,11)(H,12,13). The monoisotopic (exact) mass is 250 g/mol. The average molecular weight is 250 g/mol. The van der Waals surface area contributed by atoms with E-state index < -0.39 is 53.1 Å². The lowest BCUT2D eigenvalue weighted by atomic mass is 9.99. The molecule has 0 aliphatic carbocycles. The highest BCUT2D eigenvalue weighted by Gasteiger charge is 2.55. The van der Waals surface area contributed by atoms with Crippen molar-refractivity contribution in [2.75, 3.05) is 0 Å². The number of carboxylic acid groups (broad SMARTS) is 2. The van der Waals surface area contributed by atoms with Crippen molar-refractivity contribution in [3.8, 4) is 0 Å². The molecule has 0 saturated heterocycles. The molecule has 0 fully saturated rings. The zero-order chi connectivity index (χ0) is 13.6. The molecular formula is C7H10N2O8. The van der Waals surface area contributed by atoms with Crippen LogP contribution in [-0.2, 0) is 9.59 Å². The maximum atomic E-state index is 10.7. The summed E-state index contributed by atoms with van der Waals surface area (Å²) >= 11 is 0. The Balaban J connectivity index is 4.99. The molecule has 0 atom stereocenters. The van der Waals surface area contributed by atoms with Crippen LogP contribution in [0.15, 0.2) is 0 Å². The van der Waals surface area contributed by atoms with Crippen LogP contribution in [0.25, 0.3) is 0 Å². The second kappa shape index (κ2) is 5.72. The molecule has 0 spiro atoms. The molecule has 0 rings (SSSR count). The molecule has 0 bridgehead atoms. The van der Waals surface area contributed by atoms with Crippen LogP contribution in [0.3, 0.4) is 0 Å². The van der Waals surface area contributed by atoms with Crippen LogP contribution in [0.2, 0.25) is 0 Å². The Morgan fingerprint density at radius 1 is 0.941 bits per heavy atom. The largest absolute Gasteiger partial charge is 0.481 e. The molecule has 0 heterocycles. The van der Waals surface area contributed by atoms with Crippen molar-refractivity contribution in [2.45, 2.75) is 31.3 Å². The SMILES string of the molecule is O=C(O)CCC(CCC(=O)O)([N+](=O)[O-])[N+](=O)[O-]. The Morgan fingerprint density at radius 3 is 1.41 bits per heavy atom. The van der Waals surface area contributed by atoms with Gasteiger partial charge in [-0.05, 0) is 0 Å². The fourth-order valence-electron chi connectivity index (χ4n) is 1.17. The van der Waals surface area contributed by atoms with E-state index in [9.17, 15) is 29.8 Å². The molecule has 0 aliphatic heterocycles. The van der Waals surface area contributed by atoms with Gasteiger partial charge in [-0.25, -0.2) is 0 Å². The van der Waals surface area contributed by atoms with Crippen LogP contribution in [0, 0.1) is 20.2 Å². The summed E-state index contributed by atoms with van der Waals surface area (Å²) in [4.78, 5) is 39.4. The van der Waals surface area contributed by atoms with Crippen molar-refractivity contribution < 1.29 is 29.6 Å². The normalized spacial score (nSPS) is 10.8. The third kappa shape index (κ3) is 4.01. The van der Waals surface area contributed by atoms with E-state index in [0.29, 0.717) is 0 Å². The minimum atomic E-state index is -2.75. The van der Waals surface area contributed by atoms with Gasteiger partial charge in [0.15, 0.2) is 0 Å². The average Bonchev–Trinajstić information content (AvgIpc) is 2.16. The van der Waals surface area contributed by atoms with Crippen molar-refractivity contribution in [3.63, 3.8) is 0 Å². The molecule has 2 N–H and O–H groups in total. The number of aliphatic carboxylic acids is 2. The molecule has 0 aromatic heterocycles. The van der Waals surface area contributed by atoms with Crippen LogP contribution in [0.1, 0.15) is 25.7 Å². The first kappa shape index (κ1) is 14.7. The zero-order valence-corrected chi connectivity index (χ0v) is 8.57. The molecule has 96 valence electrons. The second-order valence-corrected chi connectivity index (χ2v) is 3.28. The summed E-state index contributed by atoms with van der Waals surface area (Å²) < 4.78 is 0. The first-order chi connectivity index (χ1) is 7.72. The number of rotatable bonds is 8. The Bertz CT molecular complexity index is 318. The summed E-state index contributed by atoms with van der Waals surface area (Å²) in [7, 11) is 0. The van der Waals surface area contributed by atoms with Gasteiger partial charge in [0.2, 0.25) is 0 Å². The van der Waals surface area contributed by atoms with E-state index in [4.69, 9.17) is 10.2 Å². The van der Waals surface area contributed by atoms with Gasteiger partial charge >= 0.3 is 17.6 Å². The lowest BCUT2D eigenvalue weighted by Gasteiger charge is -2.15. The predicted octanol–water partition coefficient (Wildman–Crippen LogP) is -0.0343. The van der Waals surface area contributed by atoms with Crippen molar-refractivity contribution in [2.24, 2.45) is 0 Å². The summed E-state index contributed by atoms with van der Waals surface area (Å²) in [5, 5.41) is 38.0. The Kier molecular flexibility index (Phi) is 4.96. The van der Waals surface area contributed by atoms with Crippen LogP contribution in [0.5, 0.6) is 0 Å². The number of nitrogens with zero attached hydrogens (tertiary/aromatic N) is 2. The third-order valence-electron chi connectivity index (χ3n) is 2.16. The molecular weight excluding hydrogens is 240 g/mol. The van der Waals surface area contributed by atoms with Gasteiger partial charge in [0, 0.05) is 0 Å². The molecule has 0 aromatic rings. The molecule has 0 amide bonds. The summed E-state index contributed by atoms with van der Waals surface area (Å²) in [6, 6.07) is 0. The smallest absolute Gasteiger partial charge is 0.459 e.